The molecule has 20 heavy (non-hydrogen) atoms. The number of ether oxygens (including phenoxy) is 2. The Labute approximate surface area is 121 Å². The Morgan fingerprint density at radius 3 is 2.90 bits per heavy atom. The first-order chi connectivity index (χ1) is 9.70. The van der Waals surface area contributed by atoms with E-state index < -0.39 is 0 Å². The highest BCUT2D eigenvalue weighted by atomic mass is 35.5. The number of H-pyrrole nitrogens is 1. The summed E-state index contributed by atoms with van der Waals surface area (Å²) in [5, 5.41) is 3.28. The summed E-state index contributed by atoms with van der Waals surface area (Å²) >= 11 is 5.95. The molecule has 0 bridgehead atoms. The van der Waals surface area contributed by atoms with Crippen molar-refractivity contribution in [1.82, 2.24) is 4.98 Å². The summed E-state index contributed by atoms with van der Waals surface area (Å²) < 4.78 is 10.5. The average molecular weight is 295 g/mol. The average Bonchev–Trinajstić information content (AvgIpc) is 2.95. The van der Waals surface area contributed by atoms with E-state index in [1.807, 2.05) is 0 Å². The summed E-state index contributed by atoms with van der Waals surface area (Å²) in [7, 11) is 1.60. The molecule has 0 aliphatic carbocycles. The molecule has 0 saturated carbocycles. The second-order valence-electron chi connectivity index (χ2n) is 4.02. The van der Waals surface area contributed by atoms with Crippen LogP contribution < -0.4 is 10.1 Å². The number of aromatic amines is 1. The normalized spacial score (nSPS) is 10.3. The van der Waals surface area contributed by atoms with E-state index in [1.165, 1.54) is 0 Å². The van der Waals surface area contributed by atoms with Gasteiger partial charge in [0.15, 0.2) is 0 Å². The summed E-state index contributed by atoms with van der Waals surface area (Å²) in [6.45, 7) is 0.857. The highest BCUT2D eigenvalue weighted by Crippen LogP contribution is 2.28. The van der Waals surface area contributed by atoms with Crippen molar-refractivity contribution in [1.29, 1.82) is 0 Å². The second kappa shape index (κ2) is 6.98. The van der Waals surface area contributed by atoms with Crippen LogP contribution in [0.1, 0.15) is 10.5 Å². The molecule has 0 saturated heterocycles. The van der Waals surface area contributed by atoms with E-state index in [9.17, 15) is 4.79 Å². The van der Waals surface area contributed by atoms with Gasteiger partial charge in [0.2, 0.25) is 0 Å². The third kappa shape index (κ3) is 3.76. The number of halogens is 1. The fourth-order valence-corrected chi connectivity index (χ4v) is 1.79. The predicted molar refractivity (Wildman–Crippen MR) is 77.6 cm³/mol. The molecule has 1 aromatic carbocycles. The van der Waals surface area contributed by atoms with Crippen molar-refractivity contribution < 1.29 is 14.3 Å². The number of anilines is 1. The Kier molecular flexibility index (Phi) is 5.03. The molecule has 0 aliphatic rings. The van der Waals surface area contributed by atoms with Crippen LogP contribution in [-0.2, 0) is 4.74 Å². The highest BCUT2D eigenvalue weighted by molar-refractivity contribution is 6.31. The first-order valence-corrected chi connectivity index (χ1v) is 6.44. The third-order valence-electron chi connectivity index (χ3n) is 2.58. The molecule has 0 atom stereocenters. The second-order valence-corrected chi connectivity index (χ2v) is 4.46. The van der Waals surface area contributed by atoms with Crippen LogP contribution in [0, 0.1) is 0 Å². The van der Waals surface area contributed by atoms with Crippen LogP contribution in [0.3, 0.4) is 0 Å². The molecular weight excluding hydrogens is 280 g/mol. The molecule has 0 spiro atoms. The lowest BCUT2D eigenvalue weighted by molar-refractivity contribution is 0.102. The minimum atomic E-state index is -0.256. The molecule has 0 aliphatic heterocycles. The lowest BCUT2D eigenvalue weighted by Crippen LogP contribution is -2.14. The van der Waals surface area contributed by atoms with Crippen LogP contribution in [0.15, 0.2) is 36.5 Å². The molecule has 5 nitrogen and oxygen atoms in total. The van der Waals surface area contributed by atoms with Gasteiger partial charge in [-0.2, -0.15) is 0 Å². The van der Waals surface area contributed by atoms with Crippen molar-refractivity contribution in [2.24, 2.45) is 0 Å². The lowest BCUT2D eigenvalue weighted by Gasteiger charge is -2.12. The molecule has 2 rings (SSSR count). The van der Waals surface area contributed by atoms with Gasteiger partial charge in [-0.1, -0.05) is 11.6 Å². The molecule has 6 heteroatoms. The maximum absolute atomic E-state index is 12.0. The standard InChI is InChI=1S/C14H15ClN2O3/c1-19-7-8-20-13-5-4-10(15)9-12(13)17-14(18)11-3-2-6-16-11/h2-6,9,16H,7-8H2,1H3,(H,17,18). The Morgan fingerprint density at radius 2 is 2.20 bits per heavy atom. The number of carbonyl (C=O) groups excluding carboxylic acids is 1. The van der Waals surface area contributed by atoms with Crippen LogP contribution >= 0.6 is 11.6 Å². The van der Waals surface area contributed by atoms with Gasteiger partial charge in [-0.15, -0.1) is 0 Å². The first kappa shape index (κ1) is 14.4. The SMILES string of the molecule is COCCOc1ccc(Cl)cc1NC(=O)c1ccc[nH]1. The Hall–Kier alpha value is -1.98. The summed E-state index contributed by atoms with van der Waals surface area (Å²) in [5.74, 6) is 0.292. The summed E-state index contributed by atoms with van der Waals surface area (Å²) in [6, 6.07) is 8.50. The van der Waals surface area contributed by atoms with Crippen molar-refractivity contribution in [3.8, 4) is 5.75 Å². The quantitative estimate of drug-likeness (QED) is 0.805. The molecule has 2 aromatic rings. The molecule has 2 N–H and O–H groups in total. The minimum Gasteiger partial charge on any atom is -0.489 e. The molecule has 0 radical (unpaired) electrons. The lowest BCUT2D eigenvalue weighted by atomic mass is 10.2. The van der Waals surface area contributed by atoms with Gasteiger partial charge in [0, 0.05) is 18.3 Å². The maximum Gasteiger partial charge on any atom is 0.272 e. The van der Waals surface area contributed by atoms with Gasteiger partial charge in [0.25, 0.3) is 5.91 Å². The zero-order valence-electron chi connectivity index (χ0n) is 11.0. The molecule has 1 amide bonds. The van der Waals surface area contributed by atoms with Crippen LogP contribution in [0.2, 0.25) is 5.02 Å². The van der Waals surface area contributed by atoms with E-state index in [0.29, 0.717) is 35.4 Å². The first-order valence-electron chi connectivity index (χ1n) is 6.06. The van der Waals surface area contributed by atoms with E-state index in [2.05, 4.69) is 10.3 Å². The Bertz CT molecular complexity index is 570. The van der Waals surface area contributed by atoms with Gasteiger partial charge in [-0.3, -0.25) is 4.79 Å². The number of hydrogen-bond donors (Lipinski definition) is 2. The molecule has 0 fully saturated rings. The van der Waals surface area contributed by atoms with Gasteiger partial charge >= 0.3 is 0 Å². The van der Waals surface area contributed by atoms with Crippen molar-refractivity contribution >= 4 is 23.2 Å². The number of benzene rings is 1. The highest BCUT2D eigenvalue weighted by Gasteiger charge is 2.11. The predicted octanol–water partition coefficient (Wildman–Crippen LogP) is 2.95. The zero-order chi connectivity index (χ0) is 14.4. The summed E-state index contributed by atoms with van der Waals surface area (Å²) in [4.78, 5) is 14.8. The Balaban J connectivity index is 2.12. The number of methoxy groups -OCH3 is 1. The number of carbonyl (C=O) groups is 1. The third-order valence-corrected chi connectivity index (χ3v) is 2.81. The van der Waals surface area contributed by atoms with Gasteiger partial charge in [-0.25, -0.2) is 0 Å². The smallest absolute Gasteiger partial charge is 0.272 e. The Morgan fingerprint density at radius 1 is 1.35 bits per heavy atom. The van der Waals surface area contributed by atoms with Crippen molar-refractivity contribution in [3.63, 3.8) is 0 Å². The summed E-state index contributed by atoms with van der Waals surface area (Å²) in [6.07, 6.45) is 1.68. The van der Waals surface area contributed by atoms with Crippen LogP contribution in [0.25, 0.3) is 0 Å². The fourth-order valence-electron chi connectivity index (χ4n) is 1.62. The van der Waals surface area contributed by atoms with Crippen LogP contribution in [0.5, 0.6) is 5.75 Å². The number of aromatic nitrogens is 1. The molecular formula is C14H15ClN2O3. The zero-order valence-corrected chi connectivity index (χ0v) is 11.7. The van der Waals surface area contributed by atoms with Gasteiger partial charge in [0.05, 0.1) is 12.3 Å². The molecule has 1 aromatic heterocycles. The van der Waals surface area contributed by atoms with E-state index in [4.69, 9.17) is 21.1 Å². The molecule has 1 heterocycles. The van der Waals surface area contributed by atoms with E-state index >= 15 is 0 Å². The maximum atomic E-state index is 12.0. The van der Waals surface area contributed by atoms with E-state index in [-0.39, 0.29) is 5.91 Å². The van der Waals surface area contributed by atoms with Crippen molar-refractivity contribution in [3.05, 3.63) is 47.2 Å². The van der Waals surface area contributed by atoms with Gasteiger partial charge in [-0.05, 0) is 30.3 Å². The van der Waals surface area contributed by atoms with Crippen LogP contribution in [-0.4, -0.2) is 31.2 Å². The topological polar surface area (TPSA) is 63.4 Å². The monoisotopic (exact) mass is 294 g/mol. The van der Waals surface area contributed by atoms with Gasteiger partial charge in [0.1, 0.15) is 18.1 Å². The molecule has 106 valence electrons. The van der Waals surface area contributed by atoms with Crippen molar-refractivity contribution in [2.45, 2.75) is 0 Å². The van der Waals surface area contributed by atoms with Crippen molar-refractivity contribution in [2.75, 3.05) is 25.6 Å². The summed E-state index contributed by atoms with van der Waals surface area (Å²) in [5.41, 5.74) is 0.987. The number of amides is 1. The van der Waals surface area contributed by atoms with Crippen LogP contribution in [0.4, 0.5) is 5.69 Å². The van der Waals surface area contributed by atoms with E-state index in [0.717, 1.165) is 0 Å². The largest absolute Gasteiger partial charge is 0.489 e. The van der Waals surface area contributed by atoms with E-state index in [1.54, 1.807) is 43.6 Å². The fraction of sp³-hybridized carbons (Fsp3) is 0.214. The molecule has 0 unspecified atom stereocenters. The number of nitrogens with one attached hydrogen (secondary N) is 2. The van der Waals surface area contributed by atoms with Gasteiger partial charge < -0.3 is 19.8 Å². The minimum absolute atomic E-state index is 0.256. The number of rotatable bonds is 6. The number of hydrogen-bond acceptors (Lipinski definition) is 3.